The lowest BCUT2D eigenvalue weighted by Crippen LogP contribution is -2.01. The van der Waals surface area contributed by atoms with Gasteiger partial charge < -0.3 is 4.42 Å². The Morgan fingerprint density at radius 3 is 1.55 bits per heavy atom. The third kappa shape index (κ3) is 4.79. The van der Waals surface area contributed by atoms with Crippen molar-refractivity contribution in [3.8, 4) is 56.7 Å². The first-order chi connectivity index (χ1) is 26.2. The molecule has 0 aliphatic carbocycles. The van der Waals surface area contributed by atoms with Crippen LogP contribution in [0, 0.1) is 0 Å². The van der Waals surface area contributed by atoms with Gasteiger partial charge in [-0.3, -0.25) is 0 Å². The Bertz CT molecular complexity index is 3100. The Labute approximate surface area is 304 Å². The summed E-state index contributed by atoms with van der Waals surface area (Å²) in [7, 11) is 0. The van der Waals surface area contributed by atoms with Gasteiger partial charge in [-0.1, -0.05) is 127 Å². The van der Waals surface area contributed by atoms with Crippen LogP contribution in [0.1, 0.15) is 0 Å². The largest absolute Gasteiger partial charge is 0.455 e. The molecular weight excluding hydrogens is 649 g/mol. The lowest BCUT2D eigenvalue weighted by Gasteiger charge is -2.15. The van der Waals surface area contributed by atoms with Crippen molar-refractivity contribution < 1.29 is 4.42 Å². The van der Waals surface area contributed by atoms with E-state index in [9.17, 15) is 0 Å². The average Bonchev–Trinajstić information content (AvgIpc) is 3.63. The van der Waals surface area contributed by atoms with E-state index in [0.29, 0.717) is 17.5 Å². The minimum absolute atomic E-state index is 0.607. The molecule has 0 saturated heterocycles. The average molecular weight is 677 g/mol. The minimum atomic E-state index is 0.607. The molecule has 3 heterocycles. The highest BCUT2D eigenvalue weighted by Gasteiger charge is 2.25. The number of benzene rings is 8. The predicted octanol–water partition coefficient (Wildman–Crippen LogP) is 12.4. The zero-order valence-electron chi connectivity index (χ0n) is 28.4. The van der Waals surface area contributed by atoms with Gasteiger partial charge in [0.25, 0.3) is 0 Å². The van der Waals surface area contributed by atoms with E-state index in [1.54, 1.807) is 0 Å². The molecule has 0 spiro atoms. The van der Waals surface area contributed by atoms with E-state index in [-0.39, 0.29) is 0 Å². The molecule has 0 unspecified atom stereocenters. The quantitative estimate of drug-likeness (QED) is 0.186. The van der Waals surface area contributed by atoms with Gasteiger partial charge in [0, 0.05) is 33.0 Å². The van der Waals surface area contributed by atoms with Crippen LogP contribution < -0.4 is 0 Å². The van der Waals surface area contributed by atoms with Crippen LogP contribution in [0.25, 0.3) is 111 Å². The van der Waals surface area contributed by atoms with Crippen molar-refractivity contribution in [1.82, 2.24) is 19.9 Å². The SMILES string of the molecule is c1ccc2cc(-c3nc(-c4ccc5ccccc5c4)nc(-c4ccc(-c5oc6ccccc6c6nc7ccccc7c5-6)c5ccccc45)n3)ccc2c1. The van der Waals surface area contributed by atoms with E-state index in [1.807, 2.05) is 24.3 Å². The van der Waals surface area contributed by atoms with Crippen molar-refractivity contribution in [1.29, 1.82) is 0 Å². The molecule has 2 aliphatic rings. The van der Waals surface area contributed by atoms with Gasteiger partial charge in [-0.2, -0.15) is 0 Å². The number of nitrogens with zero attached hydrogens (tertiary/aromatic N) is 4. The van der Waals surface area contributed by atoms with Crippen LogP contribution in [0.15, 0.2) is 174 Å². The van der Waals surface area contributed by atoms with Crippen molar-refractivity contribution in [3.63, 3.8) is 0 Å². The smallest absolute Gasteiger partial charge is 0.164 e. The van der Waals surface area contributed by atoms with Gasteiger partial charge in [0.2, 0.25) is 0 Å². The molecule has 11 rings (SSSR count). The maximum atomic E-state index is 6.82. The summed E-state index contributed by atoms with van der Waals surface area (Å²) in [5.74, 6) is 2.64. The number of hydrogen-bond donors (Lipinski definition) is 0. The third-order valence-electron chi connectivity index (χ3n) is 10.3. The van der Waals surface area contributed by atoms with E-state index in [2.05, 4.69) is 146 Å². The predicted molar refractivity (Wildman–Crippen MR) is 216 cm³/mol. The monoisotopic (exact) mass is 676 g/mol. The van der Waals surface area contributed by atoms with Gasteiger partial charge in [-0.25, -0.2) is 19.9 Å². The number of aromatic nitrogens is 4. The maximum absolute atomic E-state index is 6.82. The fourth-order valence-corrected chi connectivity index (χ4v) is 7.72. The molecule has 246 valence electrons. The van der Waals surface area contributed by atoms with Crippen molar-refractivity contribution in [2.45, 2.75) is 0 Å². The molecule has 53 heavy (non-hydrogen) atoms. The highest BCUT2D eigenvalue weighted by atomic mass is 16.3. The second-order valence-electron chi connectivity index (χ2n) is 13.4. The summed E-state index contributed by atoms with van der Waals surface area (Å²) in [6, 6.07) is 58.6. The number of fused-ring (bicyclic) bond motifs is 8. The second kappa shape index (κ2) is 11.7. The van der Waals surface area contributed by atoms with Gasteiger partial charge in [0.15, 0.2) is 17.5 Å². The highest BCUT2D eigenvalue weighted by Crippen LogP contribution is 2.46. The Balaban J connectivity index is 1.16. The van der Waals surface area contributed by atoms with E-state index >= 15 is 0 Å². The standard InChI is InChI=1S/C48H28N4O/c1-3-13-31-27-33(23-21-29(31)11-1)46-50-47(34-24-22-30-12-2-4-14-32(30)28-34)52-48(51-46)38-26-25-37(35-15-5-6-16-36(35)38)45-43-39-17-7-9-19-41(39)49-44(43)40-18-8-10-20-42(40)53-45/h1-28H. The van der Waals surface area contributed by atoms with E-state index < -0.39 is 0 Å². The number of rotatable bonds is 4. The summed E-state index contributed by atoms with van der Waals surface area (Å²) < 4.78 is 6.82. The minimum Gasteiger partial charge on any atom is -0.455 e. The van der Waals surface area contributed by atoms with Gasteiger partial charge in [-0.05, 0) is 74.8 Å². The van der Waals surface area contributed by atoms with Crippen molar-refractivity contribution in [3.05, 3.63) is 170 Å². The summed E-state index contributed by atoms with van der Waals surface area (Å²) in [6.07, 6.45) is 0. The summed E-state index contributed by atoms with van der Waals surface area (Å²) in [5, 5.41) is 8.73. The maximum Gasteiger partial charge on any atom is 0.164 e. The zero-order valence-corrected chi connectivity index (χ0v) is 28.4. The molecule has 2 aliphatic heterocycles. The summed E-state index contributed by atoms with van der Waals surface area (Å²) in [4.78, 5) is 20.6. The van der Waals surface area contributed by atoms with Crippen LogP contribution in [-0.2, 0) is 0 Å². The van der Waals surface area contributed by atoms with Crippen LogP contribution in [0.5, 0.6) is 0 Å². The molecule has 0 saturated carbocycles. The lowest BCUT2D eigenvalue weighted by molar-refractivity contribution is 0.622. The molecular formula is C48H28N4O. The van der Waals surface area contributed by atoms with Gasteiger partial charge in [-0.15, -0.1) is 0 Å². The van der Waals surface area contributed by atoms with E-state index in [0.717, 1.165) is 82.7 Å². The molecule has 0 amide bonds. The Hall–Kier alpha value is -7.24. The van der Waals surface area contributed by atoms with Crippen LogP contribution in [0.2, 0.25) is 0 Å². The van der Waals surface area contributed by atoms with Crippen molar-refractivity contribution in [2.24, 2.45) is 0 Å². The van der Waals surface area contributed by atoms with Gasteiger partial charge >= 0.3 is 0 Å². The Morgan fingerprint density at radius 2 is 0.868 bits per heavy atom. The first kappa shape index (κ1) is 29.5. The molecule has 5 nitrogen and oxygen atoms in total. The molecule has 0 radical (unpaired) electrons. The fraction of sp³-hybridized carbons (Fsp3) is 0. The number of para-hydroxylation sites is 2. The summed E-state index contributed by atoms with van der Waals surface area (Å²) >= 11 is 0. The summed E-state index contributed by atoms with van der Waals surface area (Å²) in [6.45, 7) is 0. The van der Waals surface area contributed by atoms with Crippen molar-refractivity contribution in [2.75, 3.05) is 0 Å². The lowest BCUT2D eigenvalue weighted by atomic mass is 9.93. The molecule has 5 heteroatoms. The zero-order chi connectivity index (χ0) is 34.9. The highest BCUT2D eigenvalue weighted by molar-refractivity contribution is 6.13. The van der Waals surface area contributed by atoms with Crippen molar-refractivity contribution >= 4 is 54.2 Å². The Kier molecular flexibility index (Phi) is 6.48. The fourth-order valence-electron chi connectivity index (χ4n) is 7.72. The topological polar surface area (TPSA) is 64.7 Å². The molecule has 9 aromatic rings. The first-order valence-corrected chi connectivity index (χ1v) is 17.7. The summed E-state index contributed by atoms with van der Waals surface area (Å²) in [5.41, 5.74) is 7.46. The van der Waals surface area contributed by atoms with Gasteiger partial charge in [0.05, 0.1) is 16.8 Å². The molecule has 0 N–H and O–H groups in total. The van der Waals surface area contributed by atoms with Crippen LogP contribution in [0.4, 0.5) is 0 Å². The Morgan fingerprint density at radius 1 is 0.358 bits per heavy atom. The molecule has 8 aromatic carbocycles. The second-order valence-corrected chi connectivity index (χ2v) is 13.4. The third-order valence-corrected chi connectivity index (χ3v) is 10.3. The van der Waals surface area contributed by atoms with E-state index in [4.69, 9.17) is 24.4 Å². The van der Waals surface area contributed by atoms with E-state index in [1.165, 1.54) is 10.8 Å². The molecule has 0 bridgehead atoms. The van der Waals surface area contributed by atoms with Crippen LogP contribution in [0.3, 0.4) is 0 Å². The molecule has 0 fully saturated rings. The normalized spacial score (nSPS) is 11.8. The molecule has 0 atom stereocenters. The van der Waals surface area contributed by atoms with Crippen LogP contribution >= 0.6 is 0 Å². The first-order valence-electron chi connectivity index (χ1n) is 17.7. The molecule has 1 aromatic heterocycles. The van der Waals surface area contributed by atoms with Gasteiger partial charge in [0.1, 0.15) is 11.3 Å². The number of hydrogen-bond acceptors (Lipinski definition) is 5. The van der Waals surface area contributed by atoms with Crippen LogP contribution in [-0.4, -0.2) is 19.9 Å².